The summed E-state index contributed by atoms with van der Waals surface area (Å²) in [7, 11) is 0. The summed E-state index contributed by atoms with van der Waals surface area (Å²) in [6, 6.07) is 0. The minimum Gasteiger partial charge on any atom is -0.473 e. The van der Waals surface area contributed by atoms with Gasteiger partial charge >= 0.3 is 0 Å². The fourth-order valence-electron chi connectivity index (χ4n) is 0.712. The molecule has 78 valence electrons. The van der Waals surface area contributed by atoms with Crippen LogP contribution in [-0.4, -0.2) is 35.2 Å². The molecule has 0 aliphatic heterocycles. The van der Waals surface area contributed by atoms with Gasteiger partial charge in [-0.1, -0.05) is 28.3 Å². The van der Waals surface area contributed by atoms with Crippen molar-refractivity contribution in [2.45, 2.75) is 6.92 Å². The summed E-state index contributed by atoms with van der Waals surface area (Å²) in [5.41, 5.74) is 0. The van der Waals surface area contributed by atoms with Crippen LogP contribution in [0.4, 0.5) is 0 Å². The highest BCUT2D eigenvalue weighted by molar-refractivity contribution is 6.41. The Hall–Kier alpha value is -0.650. The number of ether oxygens (including phenoxy) is 2. The van der Waals surface area contributed by atoms with Crippen LogP contribution in [0.3, 0.4) is 0 Å². The zero-order valence-corrected chi connectivity index (χ0v) is 9.05. The second-order valence-corrected chi connectivity index (χ2v) is 2.98. The van der Waals surface area contributed by atoms with Crippen LogP contribution in [0.2, 0.25) is 10.2 Å². The molecule has 0 aliphatic rings. The summed E-state index contributed by atoms with van der Waals surface area (Å²) < 4.78 is 10.2. The monoisotopic (exact) mass is 237 g/mol. The van der Waals surface area contributed by atoms with E-state index in [0.717, 1.165) is 0 Å². The maximum Gasteiger partial charge on any atom is 0.257 e. The SMILES string of the molecule is CCOCCOc1nnnc(Cl)c1Cl. The average molecular weight is 238 g/mol. The van der Waals surface area contributed by atoms with Crippen LogP contribution < -0.4 is 4.74 Å². The molecule has 0 spiro atoms. The molecule has 0 radical (unpaired) electrons. The van der Waals surface area contributed by atoms with Gasteiger partial charge in [-0.15, -0.1) is 5.10 Å². The lowest BCUT2D eigenvalue weighted by Gasteiger charge is -2.05. The van der Waals surface area contributed by atoms with Crippen molar-refractivity contribution in [3.8, 4) is 5.88 Å². The largest absolute Gasteiger partial charge is 0.473 e. The van der Waals surface area contributed by atoms with E-state index in [4.69, 9.17) is 32.7 Å². The van der Waals surface area contributed by atoms with Gasteiger partial charge in [-0.05, 0) is 12.1 Å². The molecule has 1 rings (SSSR count). The Morgan fingerprint density at radius 1 is 1.21 bits per heavy atom. The van der Waals surface area contributed by atoms with Crippen molar-refractivity contribution in [3.05, 3.63) is 10.2 Å². The summed E-state index contributed by atoms with van der Waals surface area (Å²) in [6.45, 7) is 3.35. The van der Waals surface area contributed by atoms with Gasteiger partial charge in [0.05, 0.1) is 6.61 Å². The lowest BCUT2D eigenvalue weighted by molar-refractivity contribution is 0.108. The molecule has 0 fully saturated rings. The second-order valence-electron chi connectivity index (χ2n) is 2.24. The molecule has 7 heteroatoms. The van der Waals surface area contributed by atoms with Gasteiger partial charge in [0.15, 0.2) is 5.15 Å². The molecule has 0 aliphatic carbocycles. The predicted molar refractivity (Wildman–Crippen MR) is 51.8 cm³/mol. The maximum atomic E-state index is 5.74. The summed E-state index contributed by atoms with van der Waals surface area (Å²) in [5, 5.41) is 10.6. The molecule has 1 heterocycles. The summed E-state index contributed by atoms with van der Waals surface area (Å²) in [5.74, 6) is 0.173. The Morgan fingerprint density at radius 2 is 2.00 bits per heavy atom. The molecule has 0 amide bonds. The third kappa shape index (κ3) is 3.25. The zero-order chi connectivity index (χ0) is 10.4. The van der Waals surface area contributed by atoms with Gasteiger partial charge < -0.3 is 9.47 Å². The first-order valence-corrected chi connectivity index (χ1v) is 4.76. The van der Waals surface area contributed by atoms with Crippen molar-refractivity contribution in [2.75, 3.05) is 19.8 Å². The minimum absolute atomic E-state index is 0.0769. The maximum absolute atomic E-state index is 5.74. The van der Waals surface area contributed by atoms with Crippen molar-refractivity contribution in [2.24, 2.45) is 0 Å². The summed E-state index contributed by atoms with van der Waals surface area (Å²) >= 11 is 11.3. The Morgan fingerprint density at radius 3 is 2.71 bits per heavy atom. The van der Waals surface area contributed by atoms with Gasteiger partial charge in [0.25, 0.3) is 5.88 Å². The highest BCUT2D eigenvalue weighted by Crippen LogP contribution is 2.26. The first kappa shape index (κ1) is 11.4. The van der Waals surface area contributed by atoms with E-state index in [2.05, 4.69) is 15.4 Å². The first-order chi connectivity index (χ1) is 6.75. The van der Waals surface area contributed by atoms with E-state index in [1.54, 1.807) is 0 Å². The van der Waals surface area contributed by atoms with Crippen LogP contribution in [0.1, 0.15) is 6.92 Å². The van der Waals surface area contributed by atoms with Crippen LogP contribution in [-0.2, 0) is 4.74 Å². The molecular weight excluding hydrogens is 229 g/mol. The molecule has 0 atom stereocenters. The van der Waals surface area contributed by atoms with Crippen molar-refractivity contribution in [3.63, 3.8) is 0 Å². The van der Waals surface area contributed by atoms with E-state index >= 15 is 0 Å². The summed E-state index contributed by atoms with van der Waals surface area (Å²) in [6.07, 6.45) is 0. The third-order valence-corrected chi connectivity index (χ3v) is 2.01. The van der Waals surface area contributed by atoms with E-state index < -0.39 is 0 Å². The van der Waals surface area contributed by atoms with E-state index in [1.807, 2.05) is 6.92 Å². The number of hydrogen-bond donors (Lipinski definition) is 0. The topological polar surface area (TPSA) is 57.1 Å². The molecule has 5 nitrogen and oxygen atoms in total. The van der Waals surface area contributed by atoms with Crippen molar-refractivity contribution in [1.82, 2.24) is 15.4 Å². The number of hydrogen-bond acceptors (Lipinski definition) is 5. The quantitative estimate of drug-likeness (QED) is 0.729. The predicted octanol–water partition coefficient (Wildman–Crippen LogP) is 1.59. The molecule has 14 heavy (non-hydrogen) atoms. The lowest BCUT2D eigenvalue weighted by atomic mass is 10.6. The first-order valence-electron chi connectivity index (χ1n) is 4.00. The molecule has 0 bridgehead atoms. The fraction of sp³-hybridized carbons (Fsp3) is 0.571. The van der Waals surface area contributed by atoms with Crippen LogP contribution in [0, 0.1) is 0 Å². The molecule has 0 N–H and O–H groups in total. The number of nitrogens with zero attached hydrogens (tertiary/aromatic N) is 3. The van der Waals surface area contributed by atoms with Gasteiger partial charge in [0.2, 0.25) is 0 Å². The van der Waals surface area contributed by atoms with Gasteiger partial charge in [0, 0.05) is 6.61 Å². The van der Waals surface area contributed by atoms with Crippen LogP contribution in [0.15, 0.2) is 0 Å². The van der Waals surface area contributed by atoms with Gasteiger partial charge in [-0.25, -0.2) is 0 Å². The molecule has 0 aromatic carbocycles. The Balaban J connectivity index is 2.46. The molecule has 1 aromatic rings. The zero-order valence-electron chi connectivity index (χ0n) is 7.54. The molecule has 0 saturated carbocycles. The smallest absolute Gasteiger partial charge is 0.257 e. The van der Waals surface area contributed by atoms with Crippen LogP contribution in [0.25, 0.3) is 0 Å². The molecular formula is C7H9Cl2N3O2. The van der Waals surface area contributed by atoms with Gasteiger partial charge in [-0.2, -0.15) is 0 Å². The average Bonchev–Trinajstić information content (AvgIpc) is 2.19. The van der Waals surface area contributed by atoms with Crippen LogP contribution in [0.5, 0.6) is 5.88 Å². The fourth-order valence-corrected chi connectivity index (χ4v) is 0.957. The Labute approximate surface area is 91.3 Å². The lowest BCUT2D eigenvalue weighted by Crippen LogP contribution is -2.08. The van der Waals surface area contributed by atoms with Crippen LogP contribution >= 0.6 is 23.2 Å². The van der Waals surface area contributed by atoms with Crippen molar-refractivity contribution in [1.29, 1.82) is 0 Å². The molecule has 1 aromatic heterocycles. The highest BCUT2D eigenvalue weighted by Gasteiger charge is 2.09. The number of rotatable bonds is 5. The van der Waals surface area contributed by atoms with E-state index in [1.165, 1.54) is 0 Å². The molecule has 0 unspecified atom stereocenters. The van der Waals surface area contributed by atoms with E-state index in [9.17, 15) is 0 Å². The minimum atomic E-state index is 0.0769. The van der Waals surface area contributed by atoms with Crippen molar-refractivity contribution < 1.29 is 9.47 Å². The standard InChI is InChI=1S/C7H9Cl2N3O2/c1-2-13-3-4-14-7-5(8)6(9)10-12-11-7/h2-4H2,1H3. The molecule has 0 saturated heterocycles. The second kappa shape index (κ2) is 5.95. The third-order valence-electron chi connectivity index (χ3n) is 1.31. The summed E-state index contributed by atoms with van der Waals surface area (Å²) in [4.78, 5) is 0. The van der Waals surface area contributed by atoms with E-state index in [-0.39, 0.29) is 16.1 Å². The van der Waals surface area contributed by atoms with Gasteiger partial charge in [-0.3, -0.25) is 0 Å². The number of halogens is 2. The van der Waals surface area contributed by atoms with E-state index in [0.29, 0.717) is 19.8 Å². The Kier molecular flexibility index (Phi) is 4.86. The highest BCUT2D eigenvalue weighted by atomic mass is 35.5. The Bertz CT molecular complexity index is 298. The number of aromatic nitrogens is 3. The van der Waals surface area contributed by atoms with Gasteiger partial charge in [0.1, 0.15) is 11.6 Å². The van der Waals surface area contributed by atoms with Crippen molar-refractivity contribution >= 4 is 23.2 Å². The normalized spacial score (nSPS) is 10.2.